The van der Waals surface area contributed by atoms with Crippen LogP contribution in [0.2, 0.25) is 0 Å². The number of esters is 1. The maximum absolute atomic E-state index is 13.3. The van der Waals surface area contributed by atoms with E-state index in [-0.39, 0.29) is 18.5 Å². The molecule has 5 nitrogen and oxygen atoms in total. The van der Waals surface area contributed by atoms with Crippen LogP contribution < -0.4 is 0 Å². The first-order valence-electron chi connectivity index (χ1n) is 7.31. The monoisotopic (exact) mass is 328 g/mol. The van der Waals surface area contributed by atoms with Crippen LogP contribution in [0.25, 0.3) is 0 Å². The molecule has 23 heavy (non-hydrogen) atoms. The molecule has 0 spiro atoms. The standard InChI is InChI=1S/C16H22F2N2O3/c1-19(2)8-4-9-20(10-7-15(21)23-3)16(22)12-5-6-13(17)14(18)11-12/h5-6,11H,4,7-10H2,1-3H3. The average Bonchev–Trinajstić information content (AvgIpc) is 2.51. The number of nitrogens with zero attached hydrogens (tertiary/aromatic N) is 2. The smallest absolute Gasteiger partial charge is 0.307 e. The summed E-state index contributed by atoms with van der Waals surface area (Å²) in [6, 6.07) is 3.02. The molecule has 1 aromatic carbocycles. The van der Waals surface area contributed by atoms with E-state index in [1.807, 2.05) is 19.0 Å². The van der Waals surface area contributed by atoms with Gasteiger partial charge in [0.25, 0.3) is 5.91 Å². The molecule has 0 heterocycles. The minimum Gasteiger partial charge on any atom is -0.469 e. The molecule has 0 bridgehead atoms. The lowest BCUT2D eigenvalue weighted by Crippen LogP contribution is -2.35. The average molecular weight is 328 g/mol. The number of benzene rings is 1. The number of amides is 1. The van der Waals surface area contributed by atoms with Gasteiger partial charge < -0.3 is 14.5 Å². The predicted molar refractivity (Wildman–Crippen MR) is 82.1 cm³/mol. The van der Waals surface area contributed by atoms with E-state index in [9.17, 15) is 18.4 Å². The van der Waals surface area contributed by atoms with Gasteiger partial charge in [0.15, 0.2) is 11.6 Å². The molecule has 0 aromatic heterocycles. The van der Waals surface area contributed by atoms with E-state index in [1.165, 1.54) is 18.1 Å². The maximum Gasteiger partial charge on any atom is 0.307 e. The summed E-state index contributed by atoms with van der Waals surface area (Å²) in [6.45, 7) is 1.34. The van der Waals surface area contributed by atoms with Gasteiger partial charge in [0.1, 0.15) is 0 Å². The van der Waals surface area contributed by atoms with Crippen LogP contribution in [0.3, 0.4) is 0 Å². The molecule has 0 aliphatic heterocycles. The molecule has 0 N–H and O–H groups in total. The highest BCUT2D eigenvalue weighted by Crippen LogP contribution is 2.12. The van der Waals surface area contributed by atoms with Gasteiger partial charge in [-0.1, -0.05) is 0 Å². The van der Waals surface area contributed by atoms with Gasteiger partial charge in [-0.05, 0) is 45.3 Å². The topological polar surface area (TPSA) is 49.9 Å². The fourth-order valence-corrected chi connectivity index (χ4v) is 2.03. The zero-order chi connectivity index (χ0) is 17.4. The number of halogens is 2. The van der Waals surface area contributed by atoms with Gasteiger partial charge in [-0.3, -0.25) is 9.59 Å². The summed E-state index contributed by atoms with van der Waals surface area (Å²) in [5.74, 6) is -2.94. The number of rotatable bonds is 8. The molecule has 1 amide bonds. The first kappa shape index (κ1) is 19.0. The van der Waals surface area contributed by atoms with Crippen molar-refractivity contribution < 1.29 is 23.1 Å². The minimum atomic E-state index is -1.07. The molecule has 128 valence electrons. The molecule has 0 atom stereocenters. The van der Waals surface area contributed by atoms with Crippen molar-refractivity contribution in [1.82, 2.24) is 9.80 Å². The third kappa shape index (κ3) is 6.32. The van der Waals surface area contributed by atoms with Gasteiger partial charge in [-0.2, -0.15) is 0 Å². The minimum absolute atomic E-state index is 0.0495. The van der Waals surface area contributed by atoms with Gasteiger partial charge in [-0.25, -0.2) is 8.78 Å². The molecule has 7 heteroatoms. The third-order valence-electron chi connectivity index (χ3n) is 3.30. The number of ether oxygens (including phenoxy) is 1. The Hall–Kier alpha value is -2.02. The largest absolute Gasteiger partial charge is 0.469 e. The molecule has 0 saturated carbocycles. The second-order valence-electron chi connectivity index (χ2n) is 5.40. The number of hydrogen-bond donors (Lipinski definition) is 0. The van der Waals surface area contributed by atoms with Crippen LogP contribution in [0.4, 0.5) is 8.78 Å². The molecule has 0 aliphatic carbocycles. The highest BCUT2D eigenvalue weighted by atomic mass is 19.2. The molecule has 0 fully saturated rings. The Morgan fingerprint density at radius 2 is 1.78 bits per heavy atom. The predicted octanol–water partition coefficient (Wildman–Crippen LogP) is 1.92. The van der Waals surface area contributed by atoms with Crippen molar-refractivity contribution in [1.29, 1.82) is 0 Å². The van der Waals surface area contributed by atoms with E-state index in [0.29, 0.717) is 13.0 Å². The number of carbonyl (C=O) groups is 2. The quantitative estimate of drug-likeness (QED) is 0.684. The summed E-state index contributed by atoms with van der Waals surface area (Å²) in [4.78, 5) is 27.2. The first-order chi connectivity index (χ1) is 10.8. The molecule has 0 radical (unpaired) electrons. The summed E-state index contributed by atoms with van der Waals surface area (Å²) < 4.78 is 30.9. The Balaban J connectivity index is 2.80. The highest BCUT2D eigenvalue weighted by molar-refractivity contribution is 5.94. The second kappa shape index (κ2) is 9.19. The molecule has 1 rings (SSSR count). The van der Waals surface area contributed by atoms with E-state index in [1.54, 1.807) is 0 Å². The lowest BCUT2D eigenvalue weighted by molar-refractivity contribution is -0.140. The van der Waals surface area contributed by atoms with Crippen LogP contribution in [0.5, 0.6) is 0 Å². The van der Waals surface area contributed by atoms with Crippen molar-refractivity contribution in [2.45, 2.75) is 12.8 Å². The lowest BCUT2D eigenvalue weighted by atomic mass is 10.1. The third-order valence-corrected chi connectivity index (χ3v) is 3.30. The Kier molecular flexibility index (Phi) is 7.61. The normalized spacial score (nSPS) is 10.7. The van der Waals surface area contributed by atoms with E-state index in [2.05, 4.69) is 4.74 Å². The molecule has 1 aromatic rings. The summed E-state index contributed by atoms with van der Waals surface area (Å²) in [5, 5.41) is 0. The Morgan fingerprint density at radius 1 is 1.09 bits per heavy atom. The fourth-order valence-electron chi connectivity index (χ4n) is 2.03. The van der Waals surface area contributed by atoms with Crippen molar-refractivity contribution in [3.8, 4) is 0 Å². The molecular weight excluding hydrogens is 306 g/mol. The van der Waals surface area contributed by atoms with Gasteiger partial charge in [-0.15, -0.1) is 0 Å². The van der Waals surface area contributed by atoms with Crippen molar-refractivity contribution in [3.63, 3.8) is 0 Å². The van der Waals surface area contributed by atoms with Crippen LogP contribution in [-0.4, -0.2) is 62.5 Å². The second-order valence-corrected chi connectivity index (χ2v) is 5.40. The summed E-state index contributed by atoms with van der Waals surface area (Å²) in [7, 11) is 5.10. The summed E-state index contributed by atoms with van der Waals surface area (Å²) >= 11 is 0. The van der Waals surface area contributed by atoms with Crippen molar-refractivity contribution in [2.75, 3.05) is 40.8 Å². The number of carbonyl (C=O) groups excluding carboxylic acids is 2. The van der Waals surface area contributed by atoms with Crippen LogP contribution in [-0.2, 0) is 9.53 Å². The summed E-state index contributed by atoms with van der Waals surface area (Å²) in [6.07, 6.45) is 0.747. The number of methoxy groups -OCH3 is 1. The summed E-state index contributed by atoms with van der Waals surface area (Å²) in [5.41, 5.74) is 0.0543. The Morgan fingerprint density at radius 3 is 2.35 bits per heavy atom. The SMILES string of the molecule is COC(=O)CCN(CCCN(C)C)C(=O)c1ccc(F)c(F)c1. The Bertz CT molecular complexity index is 550. The molecular formula is C16H22F2N2O3. The van der Waals surface area contributed by atoms with E-state index in [4.69, 9.17) is 0 Å². The van der Waals surface area contributed by atoms with Gasteiger partial charge in [0.2, 0.25) is 0 Å². The van der Waals surface area contributed by atoms with Crippen LogP contribution in [0.15, 0.2) is 18.2 Å². The molecule has 0 saturated heterocycles. The highest BCUT2D eigenvalue weighted by Gasteiger charge is 2.18. The van der Waals surface area contributed by atoms with Crippen molar-refractivity contribution >= 4 is 11.9 Å². The fraction of sp³-hybridized carbons (Fsp3) is 0.500. The van der Waals surface area contributed by atoms with Crippen molar-refractivity contribution in [2.24, 2.45) is 0 Å². The molecule has 0 unspecified atom stereocenters. The van der Waals surface area contributed by atoms with Crippen molar-refractivity contribution in [3.05, 3.63) is 35.4 Å². The van der Waals surface area contributed by atoms with Gasteiger partial charge in [0, 0.05) is 18.7 Å². The van der Waals surface area contributed by atoms with Gasteiger partial charge >= 0.3 is 5.97 Å². The van der Waals surface area contributed by atoms with Crippen LogP contribution >= 0.6 is 0 Å². The molecule has 0 aliphatic rings. The van der Waals surface area contributed by atoms with Crippen LogP contribution in [0, 0.1) is 11.6 Å². The number of hydrogen-bond acceptors (Lipinski definition) is 4. The van der Waals surface area contributed by atoms with E-state index < -0.39 is 23.5 Å². The van der Waals surface area contributed by atoms with Crippen LogP contribution in [0.1, 0.15) is 23.2 Å². The maximum atomic E-state index is 13.3. The zero-order valence-electron chi connectivity index (χ0n) is 13.6. The first-order valence-corrected chi connectivity index (χ1v) is 7.31. The lowest BCUT2D eigenvalue weighted by Gasteiger charge is -2.23. The van der Waals surface area contributed by atoms with E-state index >= 15 is 0 Å². The Labute approximate surface area is 134 Å². The van der Waals surface area contributed by atoms with Gasteiger partial charge in [0.05, 0.1) is 13.5 Å². The van der Waals surface area contributed by atoms with E-state index in [0.717, 1.165) is 18.7 Å². The zero-order valence-corrected chi connectivity index (χ0v) is 13.6.